The Labute approximate surface area is 106 Å². The minimum atomic E-state index is 0.429. The van der Waals surface area contributed by atoms with Crippen molar-refractivity contribution >= 4 is 0 Å². The molecule has 0 saturated heterocycles. The molecule has 0 aliphatic rings. The highest BCUT2D eigenvalue weighted by atomic mass is 16.5. The molecule has 0 amide bonds. The Bertz CT molecular complexity index is 549. The molecular formula is C13H17N3O2. The van der Waals surface area contributed by atoms with Crippen molar-refractivity contribution in [3.63, 3.8) is 0 Å². The minimum Gasteiger partial charge on any atom is -0.497 e. The van der Waals surface area contributed by atoms with Crippen LogP contribution >= 0.6 is 0 Å². The van der Waals surface area contributed by atoms with Gasteiger partial charge in [0.2, 0.25) is 0 Å². The van der Waals surface area contributed by atoms with Crippen molar-refractivity contribution in [1.82, 2.24) is 10.2 Å². The van der Waals surface area contributed by atoms with Gasteiger partial charge in [-0.15, -0.1) is 0 Å². The number of nitrogens with zero attached hydrogens (tertiary/aromatic N) is 1. The van der Waals surface area contributed by atoms with E-state index in [0.29, 0.717) is 6.54 Å². The molecule has 0 atom stereocenters. The summed E-state index contributed by atoms with van der Waals surface area (Å²) in [5.41, 5.74) is 9.41. The van der Waals surface area contributed by atoms with Crippen LogP contribution in [0.4, 0.5) is 0 Å². The number of aromatic amines is 1. The van der Waals surface area contributed by atoms with E-state index in [4.69, 9.17) is 15.2 Å². The van der Waals surface area contributed by atoms with Gasteiger partial charge in [-0.3, -0.25) is 5.10 Å². The van der Waals surface area contributed by atoms with Gasteiger partial charge < -0.3 is 15.2 Å². The number of rotatable bonds is 4. The van der Waals surface area contributed by atoms with Crippen LogP contribution in [0.1, 0.15) is 11.3 Å². The van der Waals surface area contributed by atoms with Gasteiger partial charge in [0, 0.05) is 23.4 Å². The Hall–Kier alpha value is -2.01. The first kappa shape index (κ1) is 12.4. The first-order chi connectivity index (χ1) is 8.71. The van der Waals surface area contributed by atoms with Crippen LogP contribution < -0.4 is 15.2 Å². The first-order valence-corrected chi connectivity index (χ1v) is 5.67. The fourth-order valence-electron chi connectivity index (χ4n) is 1.92. The molecule has 0 aliphatic heterocycles. The second kappa shape index (κ2) is 5.10. The zero-order valence-corrected chi connectivity index (χ0v) is 10.8. The topological polar surface area (TPSA) is 73.2 Å². The lowest BCUT2D eigenvalue weighted by atomic mass is 10.0. The highest BCUT2D eigenvalue weighted by Gasteiger charge is 2.15. The maximum atomic E-state index is 5.76. The SMILES string of the molecule is COc1ccc(OC)c(-c2n[nH]c(C)c2CN)c1. The summed E-state index contributed by atoms with van der Waals surface area (Å²) in [5.74, 6) is 1.51. The van der Waals surface area contributed by atoms with E-state index < -0.39 is 0 Å². The lowest BCUT2D eigenvalue weighted by Crippen LogP contribution is -2.00. The normalized spacial score (nSPS) is 10.4. The third-order valence-corrected chi connectivity index (χ3v) is 2.94. The molecule has 0 bridgehead atoms. The first-order valence-electron chi connectivity index (χ1n) is 5.67. The molecular weight excluding hydrogens is 230 g/mol. The van der Waals surface area contributed by atoms with Crippen LogP contribution in [0, 0.1) is 6.92 Å². The summed E-state index contributed by atoms with van der Waals surface area (Å²) in [5, 5.41) is 7.25. The van der Waals surface area contributed by atoms with E-state index in [1.54, 1.807) is 14.2 Å². The van der Waals surface area contributed by atoms with Gasteiger partial charge in [0.05, 0.1) is 14.2 Å². The van der Waals surface area contributed by atoms with E-state index in [-0.39, 0.29) is 0 Å². The smallest absolute Gasteiger partial charge is 0.128 e. The lowest BCUT2D eigenvalue weighted by Gasteiger charge is -2.10. The van der Waals surface area contributed by atoms with Gasteiger partial charge in [-0.2, -0.15) is 5.10 Å². The van der Waals surface area contributed by atoms with Gasteiger partial charge >= 0.3 is 0 Å². The highest BCUT2D eigenvalue weighted by Crippen LogP contribution is 2.34. The quantitative estimate of drug-likeness (QED) is 0.865. The van der Waals surface area contributed by atoms with Crippen LogP contribution in [-0.2, 0) is 6.54 Å². The summed E-state index contributed by atoms with van der Waals surface area (Å²) in [7, 11) is 3.26. The third-order valence-electron chi connectivity index (χ3n) is 2.94. The number of aryl methyl sites for hydroxylation is 1. The largest absolute Gasteiger partial charge is 0.497 e. The predicted octanol–water partition coefficient (Wildman–Crippen LogP) is 1.86. The molecule has 0 spiro atoms. The standard InChI is InChI=1S/C13H17N3O2/c1-8-11(7-14)13(16-15-8)10-6-9(17-2)4-5-12(10)18-3/h4-6H,7,14H2,1-3H3,(H,15,16). The number of nitrogens with two attached hydrogens (primary N) is 1. The van der Waals surface area contributed by atoms with Crippen molar-refractivity contribution in [2.24, 2.45) is 5.73 Å². The monoisotopic (exact) mass is 247 g/mol. The summed E-state index contributed by atoms with van der Waals surface area (Å²) in [6, 6.07) is 5.61. The molecule has 1 heterocycles. The summed E-state index contributed by atoms with van der Waals surface area (Å²) >= 11 is 0. The molecule has 0 fully saturated rings. The molecule has 2 rings (SSSR count). The number of methoxy groups -OCH3 is 2. The molecule has 0 radical (unpaired) electrons. The fraction of sp³-hybridized carbons (Fsp3) is 0.308. The molecule has 2 aromatic rings. The summed E-state index contributed by atoms with van der Waals surface area (Å²) in [4.78, 5) is 0. The molecule has 5 nitrogen and oxygen atoms in total. The molecule has 0 unspecified atom stereocenters. The molecule has 18 heavy (non-hydrogen) atoms. The average molecular weight is 247 g/mol. The van der Waals surface area contributed by atoms with Gasteiger partial charge in [-0.25, -0.2) is 0 Å². The van der Waals surface area contributed by atoms with Crippen molar-refractivity contribution < 1.29 is 9.47 Å². The number of nitrogens with one attached hydrogen (secondary N) is 1. The maximum Gasteiger partial charge on any atom is 0.128 e. The zero-order valence-electron chi connectivity index (χ0n) is 10.8. The van der Waals surface area contributed by atoms with Crippen molar-refractivity contribution in [3.05, 3.63) is 29.5 Å². The second-order valence-corrected chi connectivity index (χ2v) is 3.95. The molecule has 96 valence electrons. The number of ether oxygens (including phenoxy) is 2. The van der Waals surface area contributed by atoms with Crippen LogP contribution in [0.25, 0.3) is 11.3 Å². The van der Waals surface area contributed by atoms with Gasteiger partial charge in [-0.05, 0) is 25.1 Å². The molecule has 0 aliphatic carbocycles. The van der Waals surface area contributed by atoms with Crippen LogP contribution in [0.15, 0.2) is 18.2 Å². The third kappa shape index (κ3) is 2.04. The Morgan fingerprint density at radius 3 is 2.67 bits per heavy atom. The van der Waals surface area contributed by atoms with Crippen LogP contribution in [0.5, 0.6) is 11.5 Å². The second-order valence-electron chi connectivity index (χ2n) is 3.95. The van der Waals surface area contributed by atoms with Gasteiger partial charge in [0.15, 0.2) is 0 Å². The van der Waals surface area contributed by atoms with Crippen molar-refractivity contribution in [2.75, 3.05) is 14.2 Å². The predicted molar refractivity (Wildman–Crippen MR) is 69.8 cm³/mol. The molecule has 0 saturated carbocycles. The zero-order chi connectivity index (χ0) is 13.1. The highest BCUT2D eigenvalue weighted by molar-refractivity contribution is 5.72. The van der Waals surface area contributed by atoms with E-state index in [1.807, 2.05) is 25.1 Å². The van der Waals surface area contributed by atoms with E-state index in [1.165, 1.54) is 0 Å². The molecule has 3 N–H and O–H groups in total. The Morgan fingerprint density at radius 2 is 2.06 bits per heavy atom. The van der Waals surface area contributed by atoms with Crippen molar-refractivity contribution in [3.8, 4) is 22.8 Å². The number of aromatic nitrogens is 2. The van der Waals surface area contributed by atoms with Crippen molar-refractivity contribution in [2.45, 2.75) is 13.5 Å². The lowest BCUT2D eigenvalue weighted by molar-refractivity contribution is 0.404. The number of hydrogen-bond donors (Lipinski definition) is 2. The van der Waals surface area contributed by atoms with E-state index in [0.717, 1.165) is 34.0 Å². The molecule has 1 aromatic carbocycles. The van der Waals surface area contributed by atoms with E-state index in [9.17, 15) is 0 Å². The summed E-state index contributed by atoms with van der Waals surface area (Å²) in [6.45, 7) is 2.38. The average Bonchev–Trinajstić information content (AvgIpc) is 2.78. The number of hydrogen-bond acceptors (Lipinski definition) is 4. The number of benzene rings is 1. The summed E-state index contributed by atoms with van der Waals surface area (Å²) < 4.78 is 10.6. The van der Waals surface area contributed by atoms with Crippen LogP contribution in [0.3, 0.4) is 0 Å². The minimum absolute atomic E-state index is 0.429. The number of H-pyrrole nitrogens is 1. The van der Waals surface area contributed by atoms with E-state index in [2.05, 4.69) is 10.2 Å². The fourth-order valence-corrected chi connectivity index (χ4v) is 1.92. The Balaban J connectivity index is 2.60. The van der Waals surface area contributed by atoms with Gasteiger partial charge in [0.1, 0.15) is 17.2 Å². The van der Waals surface area contributed by atoms with Gasteiger partial charge in [-0.1, -0.05) is 0 Å². The molecule has 1 aromatic heterocycles. The van der Waals surface area contributed by atoms with E-state index >= 15 is 0 Å². The Morgan fingerprint density at radius 1 is 1.28 bits per heavy atom. The molecule has 5 heteroatoms. The Kier molecular flexibility index (Phi) is 3.53. The van der Waals surface area contributed by atoms with Gasteiger partial charge in [0.25, 0.3) is 0 Å². The summed E-state index contributed by atoms with van der Waals surface area (Å²) in [6.07, 6.45) is 0. The van der Waals surface area contributed by atoms with Crippen molar-refractivity contribution in [1.29, 1.82) is 0 Å². The maximum absolute atomic E-state index is 5.76. The van der Waals surface area contributed by atoms with Crippen LogP contribution in [0.2, 0.25) is 0 Å². The van der Waals surface area contributed by atoms with Crippen LogP contribution in [-0.4, -0.2) is 24.4 Å².